The molecule has 0 amide bonds. The Balaban J connectivity index is 1.85. The third kappa shape index (κ3) is 2.84. The first kappa shape index (κ1) is 15.4. The van der Waals surface area contributed by atoms with Crippen molar-refractivity contribution in [1.82, 2.24) is 9.97 Å². The minimum Gasteiger partial charge on any atom is -0.494 e. The summed E-state index contributed by atoms with van der Waals surface area (Å²) >= 11 is 1.74. The Labute approximate surface area is 145 Å². The molecule has 1 N–H and O–H groups in total. The van der Waals surface area contributed by atoms with Gasteiger partial charge in [0, 0.05) is 16.5 Å². The first-order valence-electron chi connectivity index (χ1n) is 8.43. The molecule has 0 unspecified atom stereocenters. The molecule has 1 aromatic carbocycles. The summed E-state index contributed by atoms with van der Waals surface area (Å²) in [5.74, 6) is 2.71. The predicted molar refractivity (Wildman–Crippen MR) is 100 cm³/mol. The molecule has 0 aliphatic heterocycles. The summed E-state index contributed by atoms with van der Waals surface area (Å²) in [5, 5.41) is 4.74. The zero-order valence-corrected chi connectivity index (χ0v) is 15.0. The van der Waals surface area contributed by atoms with Gasteiger partial charge in [0.25, 0.3) is 0 Å². The van der Waals surface area contributed by atoms with Crippen LogP contribution >= 0.6 is 11.3 Å². The molecular weight excluding hydrogens is 318 g/mol. The highest BCUT2D eigenvalue weighted by atomic mass is 32.1. The van der Waals surface area contributed by atoms with Gasteiger partial charge >= 0.3 is 0 Å². The number of anilines is 1. The van der Waals surface area contributed by atoms with Crippen LogP contribution in [0.4, 0.5) is 5.82 Å². The molecule has 2 heterocycles. The fourth-order valence-electron chi connectivity index (χ4n) is 2.98. The maximum absolute atomic E-state index is 5.56. The first-order chi connectivity index (χ1) is 11.7. The molecule has 5 heteroatoms. The second-order valence-electron chi connectivity index (χ2n) is 6.21. The van der Waals surface area contributed by atoms with Crippen molar-refractivity contribution in [2.75, 3.05) is 11.9 Å². The lowest BCUT2D eigenvalue weighted by molar-refractivity contribution is 0.340. The summed E-state index contributed by atoms with van der Waals surface area (Å²) in [4.78, 5) is 11.7. The van der Waals surface area contributed by atoms with E-state index < -0.39 is 0 Å². The molecule has 3 aromatic rings. The quantitative estimate of drug-likeness (QED) is 0.714. The molecule has 2 aromatic heterocycles. The van der Waals surface area contributed by atoms with Crippen molar-refractivity contribution >= 4 is 27.4 Å². The van der Waals surface area contributed by atoms with Gasteiger partial charge in [-0.2, -0.15) is 0 Å². The molecule has 1 saturated carbocycles. The Morgan fingerprint density at radius 1 is 1.17 bits per heavy atom. The molecule has 4 rings (SSSR count). The number of aromatic nitrogens is 2. The van der Waals surface area contributed by atoms with E-state index in [0.29, 0.717) is 12.6 Å². The highest BCUT2D eigenvalue weighted by Crippen LogP contribution is 2.42. The van der Waals surface area contributed by atoms with Crippen molar-refractivity contribution in [2.24, 2.45) is 0 Å². The maximum atomic E-state index is 5.56. The van der Waals surface area contributed by atoms with Crippen molar-refractivity contribution in [3.8, 4) is 16.9 Å². The van der Waals surface area contributed by atoms with Crippen molar-refractivity contribution in [1.29, 1.82) is 0 Å². The Morgan fingerprint density at radius 3 is 2.58 bits per heavy atom. The molecule has 1 aliphatic rings. The summed E-state index contributed by atoms with van der Waals surface area (Å²) in [5.41, 5.74) is 2.43. The van der Waals surface area contributed by atoms with Crippen molar-refractivity contribution in [2.45, 2.75) is 39.7 Å². The summed E-state index contributed by atoms with van der Waals surface area (Å²) in [6, 6.07) is 8.88. The number of ether oxygens (including phenoxy) is 1. The number of nitrogens with zero attached hydrogens (tertiary/aromatic N) is 2. The van der Waals surface area contributed by atoms with Crippen LogP contribution in [0.25, 0.3) is 21.3 Å². The predicted octanol–water partition coefficient (Wildman–Crippen LogP) is 4.95. The van der Waals surface area contributed by atoms with Gasteiger partial charge in [-0.05, 0) is 51.3 Å². The van der Waals surface area contributed by atoms with Gasteiger partial charge in [0.15, 0.2) is 0 Å². The Morgan fingerprint density at radius 2 is 1.92 bits per heavy atom. The SMILES string of the molecule is CCOc1ccc(-c2c(C)sc3nc(C)nc(NC4CC4)c23)cc1. The Kier molecular flexibility index (Phi) is 3.88. The van der Waals surface area contributed by atoms with Crippen LogP contribution in [0.5, 0.6) is 5.75 Å². The van der Waals surface area contributed by atoms with Crippen LogP contribution in [0.15, 0.2) is 24.3 Å². The van der Waals surface area contributed by atoms with Gasteiger partial charge in [-0.1, -0.05) is 12.1 Å². The minimum atomic E-state index is 0.566. The molecule has 1 fully saturated rings. The zero-order valence-electron chi connectivity index (χ0n) is 14.2. The van der Waals surface area contributed by atoms with Gasteiger partial charge in [0.2, 0.25) is 0 Å². The van der Waals surface area contributed by atoms with Gasteiger partial charge in [-0.3, -0.25) is 0 Å². The standard InChI is InChI=1S/C19H21N3OS/c1-4-23-15-9-5-13(6-10-15)16-11(2)24-19-17(16)18(20-12(3)21-19)22-14-7-8-14/h5-6,9-10,14H,4,7-8H2,1-3H3,(H,20,21,22). The molecule has 0 saturated heterocycles. The van der Waals surface area contributed by atoms with Crippen molar-refractivity contribution in [3.63, 3.8) is 0 Å². The second-order valence-corrected chi connectivity index (χ2v) is 7.41. The van der Waals surface area contributed by atoms with Gasteiger partial charge in [-0.25, -0.2) is 9.97 Å². The van der Waals surface area contributed by atoms with E-state index in [0.717, 1.165) is 27.6 Å². The highest BCUT2D eigenvalue weighted by molar-refractivity contribution is 7.19. The normalized spacial score (nSPS) is 14.1. The average molecular weight is 339 g/mol. The summed E-state index contributed by atoms with van der Waals surface area (Å²) in [6.07, 6.45) is 2.46. The topological polar surface area (TPSA) is 47.0 Å². The van der Waals surface area contributed by atoms with Gasteiger partial charge in [-0.15, -0.1) is 11.3 Å². The van der Waals surface area contributed by atoms with E-state index in [-0.39, 0.29) is 0 Å². The van der Waals surface area contributed by atoms with Gasteiger partial charge in [0.05, 0.1) is 12.0 Å². The third-order valence-electron chi connectivity index (χ3n) is 4.21. The second kappa shape index (κ2) is 6.06. The van der Waals surface area contributed by atoms with E-state index in [9.17, 15) is 0 Å². The summed E-state index contributed by atoms with van der Waals surface area (Å²) in [6.45, 7) is 6.81. The molecule has 0 bridgehead atoms. The van der Waals surface area contributed by atoms with Crippen LogP contribution in [0.3, 0.4) is 0 Å². The van der Waals surface area contributed by atoms with Crippen LogP contribution in [0.1, 0.15) is 30.5 Å². The molecule has 0 atom stereocenters. The number of hydrogen-bond donors (Lipinski definition) is 1. The monoisotopic (exact) mass is 339 g/mol. The van der Waals surface area contributed by atoms with E-state index >= 15 is 0 Å². The lowest BCUT2D eigenvalue weighted by Gasteiger charge is -2.10. The van der Waals surface area contributed by atoms with Crippen LogP contribution in [-0.2, 0) is 0 Å². The molecule has 124 valence electrons. The van der Waals surface area contributed by atoms with E-state index in [1.165, 1.54) is 28.8 Å². The number of aryl methyl sites for hydroxylation is 2. The fourth-order valence-corrected chi connectivity index (χ4v) is 4.07. The lowest BCUT2D eigenvalue weighted by atomic mass is 10.0. The van der Waals surface area contributed by atoms with Gasteiger partial charge < -0.3 is 10.1 Å². The maximum Gasteiger partial charge on any atom is 0.139 e. The number of nitrogens with one attached hydrogen (secondary N) is 1. The molecular formula is C19H21N3OS. The first-order valence-corrected chi connectivity index (χ1v) is 9.25. The van der Waals surface area contributed by atoms with Crippen LogP contribution in [0, 0.1) is 13.8 Å². The van der Waals surface area contributed by atoms with E-state index in [4.69, 9.17) is 4.74 Å². The van der Waals surface area contributed by atoms with Crippen molar-refractivity contribution in [3.05, 3.63) is 35.0 Å². The zero-order chi connectivity index (χ0) is 16.7. The third-order valence-corrected chi connectivity index (χ3v) is 5.21. The number of thiophene rings is 1. The number of hydrogen-bond acceptors (Lipinski definition) is 5. The van der Waals surface area contributed by atoms with Crippen molar-refractivity contribution < 1.29 is 4.74 Å². The number of fused-ring (bicyclic) bond motifs is 1. The van der Waals surface area contributed by atoms with Gasteiger partial charge in [0.1, 0.15) is 22.2 Å². The summed E-state index contributed by atoms with van der Waals surface area (Å²) < 4.78 is 5.56. The van der Waals surface area contributed by atoms with Crippen LogP contribution in [0.2, 0.25) is 0 Å². The summed E-state index contributed by atoms with van der Waals surface area (Å²) in [7, 11) is 0. The average Bonchev–Trinajstić information content (AvgIpc) is 3.29. The van der Waals surface area contributed by atoms with E-state index in [1.54, 1.807) is 11.3 Å². The minimum absolute atomic E-state index is 0.566. The number of benzene rings is 1. The van der Waals surface area contributed by atoms with Crippen LogP contribution in [-0.4, -0.2) is 22.6 Å². The van der Waals surface area contributed by atoms with E-state index in [2.05, 4.69) is 34.3 Å². The largest absolute Gasteiger partial charge is 0.494 e. The molecule has 0 spiro atoms. The van der Waals surface area contributed by atoms with Crippen LogP contribution < -0.4 is 10.1 Å². The molecule has 1 aliphatic carbocycles. The number of rotatable bonds is 5. The molecule has 4 nitrogen and oxygen atoms in total. The lowest BCUT2D eigenvalue weighted by Crippen LogP contribution is -2.05. The van der Waals surface area contributed by atoms with E-state index in [1.807, 2.05) is 26.0 Å². The molecule has 24 heavy (non-hydrogen) atoms. The highest BCUT2D eigenvalue weighted by Gasteiger charge is 2.25. The Bertz CT molecular complexity index is 882. The molecule has 0 radical (unpaired) electrons. The fraction of sp³-hybridized carbons (Fsp3) is 0.368. The Hall–Kier alpha value is -2.14. The smallest absolute Gasteiger partial charge is 0.139 e.